The van der Waals surface area contributed by atoms with E-state index in [4.69, 9.17) is 32.7 Å². The normalized spacial score (nSPS) is 14.9. The topological polar surface area (TPSA) is 64.4 Å². The third-order valence-corrected chi connectivity index (χ3v) is 4.82. The summed E-state index contributed by atoms with van der Waals surface area (Å²) in [5.74, 6) is 0.275. The first-order valence-electron chi connectivity index (χ1n) is 9.01. The second-order valence-corrected chi connectivity index (χ2v) is 7.23. The average Bonchev–Trinajstić information content (AvgIpc) is 2.69. The summed E-state index contributed by atoms with van der Waals surface area (Å²) in [5.41, 5.74) is 4.22. The number of nitrogens with zero attached hydrogens (tertiary/aromatic N) is 1. The Morgan fingerprint density at radius 3 is 2.54 bits per heavy atom. The molecule has 2 N–H and O–H groups in total. The SMILES string of the molecule is O=C(C[NH+]1CCOCC1)NN=Cc1cc(Cl)c(OCc2ccccc2)c(Cl)c1. The standard InChI is InChI=1S/C20H21Cl2N3O3/c21-17-10-16(12-23-24-19(26)13-25-6-8-27-9-7-25)11-18(22)20(17)28-14-15-4-2-1-3-5-15/h1-5,10-12H,6-9,13-14H2,(H,24,26)/p+1. The minimum atomic E-state index is -0.145. The third kappa shape index (κ3) is 6.21. The molecule has 1 saturated heterocycles. The molecule has 0 bridgehead atoms. The van der Waals surface area contributed by atoms with E-state index in [2.05, 4.69) is 10.5 Å². The lowest BCUT2D eigenvalue weighted by Gasteiger charge is -2.22. The van der Waals surface area contributed by atoms with E-state index >= 15 is 0 Å². The molecule has 3 rings (SSSR count). The number of rotatable bonds is 7. The first-order chi connectivity index (χ1) is 13.6. The highest BCUT2D eigenvalue weighted by Crippen LogP contribution is 2.34. The van der Waals surface area contributed by atoms with Gasteiger partial charge in [-0.15, -0.1) is 0 Å². The molecule has 6 nitrogen and oxygen atoms in total. The molecule has 1 heterocycles. The lowest BCUT2D eigenvalue weighted by Crippen LogP contribution is -3.15. The summed E-state index contributed by atoms with van der Waals surface area (Å²) in [5, 5.41) is 4.75. The first kappa shape index (κ1) is 20.6. The van der Waals surface area contributed by atoms with Gasteiger partial charge in [0.25, 0.3) is 5.91 Å². The van der Waals surface area contributed by atoms with Gasteiger partial charge in [0.2, 0.25) is 0 Å². The molecule has 0 aromatic heterocycles. The summed E-state index contributed by atoms with van der Waals surface area (Å²) in [6.45, 7) is 3.75. The molecule has 2 aromatic rings. The van der Waals surface area contributed by atoms with Crippen LogP contribution >= 0.6 is 23.2 Å². The Morgan fingerprint density at radius 2 is 1.86 bits per heavy atom. The van der Waals surface area contributed by atoms with Gasteiger partial charge >= 0.3 is 0 Å². The fourth-order valence-corrected chi connectivity index (χ4v) is 3.42. The number of ether oxygens (including phenoxy) is 2. The molecular weight excluding hydrogens is 401 g/mol. The van der Waals surface area contributed by atoms with Crippen molar-refractivity contribution < 1.29 is 19.2 Å². The number of quaternary nitrogens is 1. The van der Waals surface area contributed by atoms with E-state index in [1.54, 1.807) is 12.1 Å². The number of carbonyl (C=O) groups excluding carboxylic acids is 1. The zero-order valence-electron chi connectivity index (χ0n) is 15.3. The second kappa shape index (κ2) is 10.4. The molecule has 0 saturated carbocycles. The summed E-state index contributed by atoms with van der Waals surface area (Å²) in [6, 6.07) is 13.1. The number of nitrogens with one attached hydrogen (secondary N) is 2. The predicted molar refractivity (Wildman–Crippen MR) is 109 cm³/mol. The maximum atomic E-state index is 12.0. The minimum Gasteiger partial charge on any atom is -0.486 e. The quantitative estimate of drug-likeness (QED) is 0.529. The van der Waals surface area contributed by atoms with Crippen LogP contribution in [0.5, 0.6) is 5.75 Å². The van der Waals surface area contributed by atoms with Crippen molar-refractivity contribution >= 4 is 35.3 Å². The van der Waals surface area contributed by atoms with Gasteiger partial charge in [0, 0.05) is 0 Å². The fraction of sp³-hybridized carbons (Fsp3) is 0.300. The van der Waals surface area contributed by atoms with Gasteiger partial charge in [0.15, 0.2) is 12.3 Å². The van der Waals surface area contributed by atoms with Gasteiger partial charge in [-0.3, -0.25) is 4.79 Å². The summed E-state index contributed by atoms with van der Waals surface area (Å²) in [4.78, 5) is 13.1. The Bertz CT molecular complexity index is 802. The van der Waals surface area contributed by atoms with Crippen LogP contribution in [0.4, 0.5) is 0 Å². The predicted octanol–water partition coefficient (Wildman–Crippen LogP) is 1.94. The van der Waals surface area contributed by atoms with Crippen molar-refractivity contribution in [1.82, 2.24) is 5.43 Å². The summed E-state index contributed by atoms with van der Waals surface area (Å²) in [6.07, 6.45) is 1.51. The summed E-state index contributed by atoms with van der Waals surface area (Å²) in [7, 11) is 0. The highest BCUT2D eigenvalue weighted by atomic mass is 35.5. The number of hydrogen-bond acceptors (Lipinski definition) is 4. The monoisotopic (exact) mass is 422 g/mol. The Kier molecular flexibility index (Phi) is 7.68. The smallest absolute Gasteiger partial charge is 0.295 e. The molecule has 148 valence electrons. The molecule has 0 unspecified atom stereocenters. The van der Waals surface area contributed by atoms with Crippen LogP contribution in [-0.4, -0.2) is 45.0 Å². The highest BCUT2D eigenvalue weighted by molar-refractivity contribution is 6.37. The number of hydrogen-bond donors (Lipinski definition) is 2. The molecule has 1 aliphatic heterocycles. The molecule has 0 spiro atoms. The summed E-state index contributed by atoms with van der Waals surface area (Å²) >= 11 is 12.6. The van der Waals surface area contributed by atoms with Crippen molar-refractivity contribution in [2.45, 2.75) is 6.61 Å². The number of carbonyl (C=O) groups is 1. The van der Waals surface area contributed by atoms with E-state index in [-0.39, 0.29) is 5.91 Å². The van der Waals surface area contributed by atoms with Gasteiger partial charge in [-0.25, -0.2) is 5.43 Å². The molecule has 0 atom stereocenters. The average molecular weight is 423 g/mol. The lowest BCUT2D eigenvalue weighted by molar-refractivity contribution is -0.900. The van der Waals surface area contributed by atoms with Crippen LogP contribution in [0, 0.1) is 0 Å². The molecule has 0 radical (unpaired) electrons. The van der Waals surface area contributed by atoms with Crippen LogP contribution < -0.4 is 15.1 Å². The number of morpholine rings is 1. The number of benzene rings is 2. The molecule has 1 fully saturated rings. The van der Waals surface area contributed by atoms with Gasteiger partial charge < -0.3 is 14.4 Å². The minimum absolute atomic E-state index is 0.145. The fourth-order valence-electron chi connectivity index (χ4n) is 2.80. The molecule has 1 aliphatic rings. The zero-order valence-corrected chi connectivity index (χ0v) is 16.8. The maximum absolute atomic E-state index is 12.0. The Labute approximate surface area is 174 Å². The van der Waals surface area contributed by atoms with Gasteiger partial charge in [-0.05, 0) is 23.3 Å². The second-order valence-electron chi connectivity index (χ2n) is 6.42. The molecule has 1 amide bonds. The van der Waals surface area contributed by atoms with Crippen molar-refractivity contribution in [3.8, 4) is 5.75 Å². The largest absolute Gasteiger partial charge is 0.486 e. The Morgan fingerprint density at radius 1 is 1.18 bits per heavy atom. The van der Waals surface area contributed by atoms with Crippen LogP contribution in [0.15, 0.2) is 47.6 Å². The Balaban J connectivity index is 1.54. The van der Waals surface area contributed by atoms with Crippen LogP contribution in [0.25, 0.3) is 0 Å². The van der Waals surface area contributed by atoms with E-state index in [1.807, 2.05) is 30.3 Å². The van der Waals surface area contributed by atoms with Gasteiger partial charge in [0.1, 0.15) is 19.7 Å². The number of halogens is 2. The van der Waals surface area contributed by atoms with Crippen molar-refractivity contribution in [3.63, 3.8) is 0 Å². The summed E-state index contributed by atoms with van der Waals surface area (Å²) < 4.78 is 11.0. The first-order valence-corrected chi connectivity index (χ1v) is 9.76. The van der Waals surface area contributed by atoms with Crippen LogP contribution in [0.1, 0.15) is 11.1 Å². The van der Waals surface area contributed by atoms with E-state index in [0.717, 1.165) is 18.7 Å². The maximum Gasteiger partial charge on any atom is 0.295 e. The van der Waals surface area contributed by atoms with Crippen LogP contribution in [-0.2, 0) is 16.1 Å². The molecule has 2 aromatic carbocycles. The van der Waals surface area contributed by atoms with Crippen molar-refractivity contribution in [2.75, 3.05) is 32.8 Å². The van der Waals surface area contributed by atoms with Crippen LogP contribution in [0.3, 0.4) is 0 Å². The lowest BCUT2D eigenvalue weighted by atomic mass is 10.2. The van der Waals surface area contributed by atoms with E-state index in [1.165, 1.54) is 11.1 Å². The van der Waals surface area contributed by atoms with E-state index in [9.17, 15) is 4.79 Å². The zero-order chi connectivity index (χ0) is 19.8. The van der Waals surface area contributed by atoms with Crippen molar-refractivity contribution in [2.24, 2.45) is 5.10 Å². The highest BCUT2D eigenvalue weighted by Gasteiger charge is 2.17. The molecule has 8 heteroatoms. The number of amides is 1. The van der Waals surface area contributed by atoms with Crippen molar-refractivity contribution in [3.05, 3.63) is 63.6 Å². The van der Waals surface area contributed by atoms with Gasteiger partial charge in [0.05, 0.1) is 29.5 Å². The van der Waals surface area contributed by atoms with E-state index in [0.29, 0.717) is 47.7 Å². The Hall–Kier alpha value is -2.12. The van der Waals surface area contributed by atoms with Gasteiger partial charge in [-0.2, -0.15) is 5.10 Å². The van der Waals surface area contributed by atoms with Gasteiger partial charge in [-0.1, -0.05) is 53.5 Å². The molecule has 28 heavy (non-hydrogen) atoms. The van der Waals surface area contributed by atoms with E-state index < -0.39 is 0 Å². The third-order valence-electron chi connectivity index (χ3n) is 4.26. The molecular formula is C20H22Cl2N3O3+. The molecule has 0 aliphatic carbocycles. The number of hydrazone groups is 1. The van der Waals surface area contributed by atoms with Crippen molar-refractivity contribution in [1.29, 1.82) is 0 Å². The van der Waals surface area contributed by atoms with Crippen LogP contribution in [0.2, 0.25) is 10.0 Å².